The molecule has 2 aromatic rings. The molecule has 0 saturated carbocycles. The average Bonchev–Trinajstić information content (AvgIpc) is 2.89. The summed E-state index contributed by atoms with van der Waals surface area (Å²) in [6.07, 6.45) is 1.78. The first-order valence-corrected chi connectivity index (χ1v) is 8.16. The van der Waals surface area contributed by atoms with Gasteiger partial charge in [0.1, 0.15) is 0 Å². The number of benzene rings is 1. The molecule has 0 amide bonds. The summed E-state index contributed by atoms with van der Waals surface area (Å²) in [5.74, 6) is 0.589. The van der Waals surface area contributed by atoms with Crippen molar-refractivity contribution in [2.24, 2.45) is 5.92 Å². The minimum Gasteiger partial charge on any atom is -0.390 e. The Kier molecular flexibility index (Phi) is 4.93. The van der Waals surface area contributed by atoms with E-state index in [-0.39, 0.29) is 6.54 Å². The molecule has 1 aliphatic heterocycles. The normalized spacial score (nSPS) is 20.5. The third kappa shape index (κ3) is 3.89. The van der Waals surface area contributed by atoms with Gasteiger partial charge < -0.3 is 10.0 Å². The van der Waals surface area contributed by atoms with Crippen LogP contribution in [0.3, 0.4) is 0 Å². The number of aliphatic hydroxyl groups excluding tert-OH is 1. The Hall–Kier alpha value is -1.92. The van der Waals surface area contributed by atoms with Crippen LogP contribution in [0.25, 0.3) is 11.4 Å². The summed E-state index contributed by atoms with van der Waals surface area (Å²) in [5.41, 5.74) is 0.803. The van der Waals surface area contributed by atoms with Crippen molar-refractivity contribution < 1.29 is 9.63 Å². The molecule has 1 aromatic heterocycles. The quantitative estimate of drug-likeness (QED) is 0.907. The second kappa shape index (κ2) is 7.10. The third-order valence-electron chi connectivity index (χ3n) is 4.32. The lowest BCUT2D eigenvalue weighted by Crippen LogP contribution is -2.41. The van der Waals surface area contributed by atoms with Gasteiger partial charge in [0.25, 0.3) is 0 Å². The van der Waals surface area contributed by atoms with Crippen molar-refractivity contribution in [1.82, 2.24) is 14.6 Å². The van der Waals surface area contributed by atoms with E-state index in [2.05, 4.69) is 17.0 Å². The number of likely N-dealkylation sites (tertiary alicyclic amines) is 1. The van der Waals surface area contributed by atoms with Gasteiger partial charge in [0.05, 0.1) is 12.6 Å². The molecule has 1 aromatic carbocycles. The molecule has 0 aliphatic carbocycles. The Morgan fingerprint density at radius 2 is 2.13 bits per heavy atom. The molecule has 1 N–H and O–H groups in total. The second-order valence-corrected chi connectivity index (χ2v) is 6.41. The Labute approximate surface area is 135 Å². The fraction of sp³-hybridized carbons (Fsp3) is 0.529. The lowest BCUT2D eigenvalue weighted by Gasteiger charge is -2.32. The summed E-state index contributed by atoms with van der Waals surface area (Å²) < 4.78 is 6.20. The molecule has 2 atom stereocenters. The molecule has 1 aliphatic rings. The van der Waals surface area contributed by atoms with E-state index in [0.29, 0.717) is 18.3 Å². The van der Waals surface area contributed by atoms with E-state index in [4.69, 9.17) is 4.52 Å². The first kappa shape index (κ1) is 16.0. The number of aliphatic hydroxyl groups is 1. The summed E-state index contributed by atoms with van der Waals surface area (Å²) >= 11 is 0. The highest BCUT2D eigenvalue weighted by Crippen LogP contribution is 2.17. The minimum atomic E-state index is -0.625. The van der Waals surface area contributed by atoms with Gasteiger partial charge in [0.15, 0.2) is 5.82 Å². The van der Waals surface area contributed by atoms with E-state index in [1.807, 2.05) is 30.3 Å². The first-order chi connectivity index (χ1) is 11.1. The van der Waals surface area contributed by atoms with Crippen molar-refractivity contribution in [1.29, 1.82) is 0 Å². The highest BCUT2D eigenvalue weighted by Gasteiger charge is 2.21. The van der Waals surface area contributed by atoms with Crippen molar-refractivity contribution in [3.05, 3.63) is 40.9 Å². The summed E-state index contributed by atoms with van der Waals surface area (Å²) in [6.45, 7) is 5.00. The standard InChI is InChI=1S/C17H23N3O3/c1-13-6-5-9-19(10-13)11-15(21)12-20-16(18-23-17(20)22)14-7-3-2-4-8-14/h2-4,7-8,13,15,21H,5-6,9-12H2,1H3. The van der Waals surface area contributed by atoms with E-state index in [0.717, 1.165) is 25.1 Å². The first-order valence-electron chi connectivity index (χ1n) is 8.16. The van der Waals surface area contributed by atoms with Gasteiger partial charge in [-0.1, -0.05) is 42.4 Å². The van der Waals surface area contributed by atoms with Crippen LogP contribution in [0, 0.1) is 5.92 Å². The molecular weight excluding hydrogens is 294 g/mol. The monoisotopic (exact) mass is 317 g/mol. The molecule has 3 rings (SSSR count). The molecule has 0 spiro atoms. The second-order valence-electron chi connectivity index (χ2n) is 6.41. The van der Waals surface area contributed by atoms with Gasteiger partial charge in [-0.2, -0.15) is 0 Å². The van der Waals surface area contributed by atoms with Crippen LogP contribution < -0.4 is 5.76 Å². The van der Waals surface area contributed by atoms with Crippen LogP contribution >= 0.6 is 0 Å². The molecule has 0 radical (unpaired) electrons. The largest absolute Gasteiger partial charge is 0.441 e. The smallest absolute Gasteiger partial charge is 0.390 e. The lowest BCUT2D eigenvalue weighted by atomic mass is 10.00. The van der Waals surface area contributed by atoms with Gasteiger partial charge in [-0.3, -0.25) is 9.09 Å². The molecule has 1 fully saturated rings. The topological polar surface area (TPSA) is 71.5 Å². The van der Waals surface area contributed by atoms with Gasteiger partial charge in [-0.25, -0.2) is 4.79 Å². The maximum Gasteiger partial charge on any atom is 0.441 e. The van der Waals surface area contributed by atoms with E-state index in [9.17, 15) is 9.90 Å². The molecule has 1 saturated heterocycles. The number of β-amino-alcohol motifs (C(OH)–C–C–N with tert-alkyl or cyclic N) is 1. The van der Waals surface area contributed by atoms with Gasteiger partial charge >= 0.3 is 5.76 Å². The van der Waals surface area contributed by atoms with Gasteiger partial charge in [0.2, 0.25) is 0 Å². The number of nitrogens with zero attached hydrogens (tertiary/aromatic N) is 3. The van der Waals surface area contributed by atoms with Crippen LogP contribution in [0.15, 0.2) is 39.6 Å². The van der Waals surface area contributed by atoms with Crippen LogP contribution in [-0.4, -0.2) is 45.5 Å². The molecule has 6 heteroatoms. The Balaban J connectivity index is 1.70. The predicted molar refractivity (Wildman–Crippen MR) is 87.0 cm³/mol. The minimum absolute atomic E-state index is 0.192. The van der Waals surface area contributed by atoms with Gasteiger partial charge in [-0.15, -0.1) is 0 Å². The number of hydrogen-bond donors (Lipinski definition) is 1. The number of piperidine rings is 1. The lowest BCUT2D eigenvalue weighted by molar-refractivity contribution is 0.0756. The van der Waals surface area contributed by atoms with Crippen molar-refractivity contribution >= 4 is 0 Å². The average molecular weight is 317 g/mol. The highest BCUT2D eigenvalue weighted by molar-refractivity contribution is 5.54. The fourth-order valence-electron chi connectivity index (χ4n) is 3.24. The molecule has 124 valence electrons. The Morgan fingerprint density at radius 1 is 1.35 bits per heavy atom. The maximum atomic E-state index is 11.9. The van der Waals surface area contributed by atoms with E-state index < -0.39 is 11.9 Å². The van der Waals surface area contributed by atoms with Crippen LogP contribution in [-0.2, 0) is 6.54 Å². The zero-order valence-electron chi connectivity index (χ0n) is 13.4. The highest BCUT2D eigenvalue weighted by atomic mass is 16.5. The fourth-order valence-corrected chi connectivity index (χ4v) is 3.24. The van der Waals surface area contributed by atoms with Crippen LogP contribution in [0.5, 0.6) is 0 Å². The van der Waals surface area contributed by atoms with Crippen LogP contribution in [0.4, 0.5) is 0 Å². The third-order valence-corrected chi connectivity index (χ3v) is 4.32. The molecule has 0 bridgehead atoms. The van der Waals surface area contributed by atoms with Crippen molar-refractivity contribution in [3.8, 4) is 11.4 Å². The predicted octanol–water partition coefficient (Wildman–Crippen LogP) is 1.60. The number of rotatable bonds is 5. The SMILES string of the molecule is CC1CCCN(CC(O)Cn2c(-c3ccccc3)noc2=O)C1. The van der Waals surface area contributed by atoms with Gasteiger partial charge in [-0.05, 0) is 25.3 Å². The zero-order chi connectivity index (χ0) is 16.2. The van der Waals surface area contributed by atoms with E-state index in [1.54, 1.807) is 0 Å². The van der Waals surface area contributed by atoms with Crippen LogP contribution in [0.2, 0.25) is 0 Å². The summed E-state index contributed by atoms with van der Waals surface area (Å²) in [5, 5.41) is 14.2. The van der Waals surface area contributed by atoms with Crippen molar-refractivity contribution in [2.45, 2.75) is 32.4 Å². The van der Waals surface area contributed by atoms with Crippen molar-refractivity contribution in [2.75, 3.05) is 19.6 Å². The number of aromatic nitrogens is 2. The van der Waals surface area contributed by atoms with Gasteiger partial charge in [0, 0.05) is 18.7 Å². The molecular formula is C17H23N3O3. The summed E-state index contributed by atoms with van der Waals surface area (Å²) in [6, 6.07) is 9.39. The molecule has 6 nitrogen and oxygen atoms in total. The summed E-state index contributed by atoms with van der Waals surface area (Å²) in [7, 11) is 0. The maximum absolute atomic E-state index is 11.9. The molecule has 2 heterocycles. The van der Waals surface area contributed by atoms with E-state index >= 15 is 0 Å². The Bertz CT molecular complexity index is 680. The Morgan fingerprint density at radius 3 is 2.87 bits per heavy atom. The molecule has 2 unspecified atom stereocenters. The number of hydrogen-bond acceptors (Lipinski definition) is 5. The summed E-state index contributed by atoms with van der Waals surface area (Å²) in [4.78, 5) is 14.2. The van der Waals surface area contributed by atoms with Crippen molar-refractivity contribution in [3.63, 3.8) is 0 Å². The molecule has 23 heavy (non-hydrogen) atoms. The zero-order valence-corrected chi connectivity index (χ0v) is 13.4. The van der Waals surface area contributed by atoms with E-state index in [1.165, 1.54) is 11.0 Å². The van der Waals surface area contributed by atoms with Crippen LogP contribution in [0.1, 0.15) is 19.8 Å².